The maximum atomic E-state index is 12.7. The summed E-state index contributed by atoms with van der Waals surface area (Å²) >= 11 is 3.76. The van der Waals surface area contributed by atoms with E-state index < -0.39 is 0 Å². The first-order chi connectivity index (χ1) is 13.0. The number of hydrogen-bond acceptors (Lipinski definition) is 7. The Kier molecular flexibility index (Phi) is 6.36. The van der Waals surface area contributed by atoms with Crippen LogP contribution in [0.4, 0.5) is 0 Å². The van der Waals surface area contributed by atoms with Gasteiger partial charge in [-0.3, -0.25) is 0 Å². The molecule has 0 bridgehead atoms. The van der Waals surface area contributed by atoms with Crippen molar-refractivity contribution in [1.82, 2.24) is 4.90 Å². The van der Waals surface area contributed by atoms with Gasteiger partial charge >= 0.3 is 5.97 Å². The molecule has 0 aromatic heterocycles. The molecule has 8 heteroatoms. The van der Waals surface area contributed by atoms with E-state index in [0.29, 0.717) is 36.0 Å². The van der Waals surface area contributed by atoms with Gasteiger partial charge in [-0.1, -0.05) is 11.8 Å². The topological polar surface area (TPSA) is 60.4 Å². The Balaban J connectivity index is 2.15. The van der Waals surface area contributed by atoms with E-state index in [0.717, 1.165) is 14.3 Å². The van der Waals surface area contributed by atoms with Gasteiger partial charge in [-0.25, -0.2) is 9.79 Å². The van der Waals surface area contributed by atoms with E-state index in [1.807, 2.05) is 42.5 Å². The van der Waals surface area contributed by atoms with Crippen LogP contribution in [0.25, 0.3) is 0 Å². The summed E-state index contributed by atoms with van der Waals surface area (Å²) in [7, 11) is 1.62. The minimum absolute atomic E-state index is 0.313. The Labute approximate surface area is 176 Å². The van der Waals surface area contributed by atoms with Gasteiger partial charge in [-0.05, 0) is 66.5 Å². The Hall–Kier alpha value is -1.68. The maximum Gasteiger partial charge on any atom is 0.338 e. The summed E-state index contributed by atoms with van der Waals surface area (Å²) in [6, 6.07) is 3.61. The third-order valence-corrected chi connectivity index (χ3v) is 5.74. The molecule has 2 heterocycles. The number of allylic oxidation sites excluding steroid dienone is 1. The highest BCUT2D eigenvalue weighted by molar-refractivity contribution is 14.1. The fraction of sp³-hybridized carbons (Fsp3) is 0.368. The Morgan fingerprint density at radius 1 is 1.33 bits per heavy atom. The average molecular weight is 500 g/mol. The number of benzene rings is 1. The van der Waals surface area contributed by atoms with Crippen molar-refractivity contribution in [2.45, 2.75) is 26.8 Å². The van der Waals surface area contributed by atoms with Crippen molar-refractivity contribution in [3.8, 4) is 11.5 Å². The molecule has 0 spiro atoms. The number of hydrogen-bond donors (Lipinski definition) is 0. The van der Waals surface area contributed by atoms with E-state index in [-0.39, 0.29) is 12.0 Å². The number of halogens is 1. The number of amidine groups is 1. The SMILES string of the molecule is CCOC(=O)C1=C(C)N=C2SC=CN2C1c1cc(I)c(OC)c(OCC)c1. The van der Waals surface area contributed by atoms with Gasteiger partial charge in [-0.2, -0.15) is 0 Å². The second-order valence-corrected chi connectivity index (χ2v) is 7.83. The highest BCUT2D eigenvalue weighted by atomic mass is 127. The van der Waals surface area contributed by atoms with Crippen molar-refractivity contribution in [1.29, 1.82) is 0 Å². The van der Waals surface area contributed by atoms with E-state index in [1.165, 1.54) is 11.8 Å². The number of ether oxygens (including phenoxy) is 3. The van der Waals surface area contributed by atoms with Crippen molar-refractivity contribution < 1.29 is 19.0 Å². The molecule has 2 aliphatic rings. The number of carbonyl (C=O) groups excluding carboxylic acids is 1. The number of esters is 1. The minimum Gasteiger partial charge on any atom is -0.492 e. The Morgan fingerprint density at radius 3 is 2.78 bits per heavy atom. The average Bonchev–Trinajstić information content (AvgIpc) is 3.08. The second-order valence-electron chi connectivity index (χ2n) is 5.79. The van der Waals surface area contributed by atoms with Gasteiger partial charge in [-0.15, -0.1) is 0 Å². The van der Waals surface area contributed by atoms with Crippen molar-refractivity contribution >= 4 is 45.5 Å². The van der Waals surface area contributed by atoms with Gasteiger partial charge < -0.3 is 19.1 Å². The smallest absolute Gasteiger partial charge is 0.338 e. The first-order valence-electron chi connectivity index (χ1n) is 8.60. The third-order valence-electron chi connectivity index (χ3n) is 4.17. The lowest BCUT2D eigenvalue weighted by atomic mass is 9.94. The summed E-state index contributed by atoms with van der Waals surface area (Å²) in [4.78, 5) is 19.3. The van der Waals surface area contributed by atoms with Crippen LogP contribution in [0.1, 0.15) is 32.4 Å². The van der Waals surface area contributed by atoms with Crippen molar-refractivity contribution in [2.24, 2.45) is 4.99 Å². The second kappa shape index (κ2) is 8.55. The molecule has 1 atom stereocenters. The number of methoxy groups -OCH3 is 1. The van der Waals surface area contributed by atoms with Gasteiger partial charge in [0.1, 0.15) is 0 Å². The molecule has 0 radical (unpaired) electrons. The van der Waals surface area contributed by atoms with Crippen LogP contribution in [0, 0.1) is 3.57 Å². The summed E-state index contributed by atoms with van der Waals surface area (Å²) in [5, 5.41) is 2.81. The molecule has 0 amide bonds. The molecule has 0 aliphatic carbocycles. The first kappa shape index (κ1) is 20.1. The van der Waals surface area contributed by atoms with Gasteiger partial charge in [0, 0.05) is 6.20 Å². The molecule has 1 aromatic carbocycles. The highest BCUT2D eigenvalue weighted by Gasteiger charge is 2.38. The Morgan fingerprint density at radius 2 is 2.11 bits per heavy atom. The molecule has 1 aromatic rings. The van der Waals surface area contributed by atoms with Crippen LogP contribution >= 0.6 is 34.4 Å². The van der Waals surface area contributed by atoms with Crippen molar-refractivity contribution in [3.05, 3.63) is 44.1 Å². The van der Waals surface area contributed by atoms with Gasteiger partial charge in [0.25, 0.3) is 0 Å². The van der Waals surface area contributed by atoms with Crippen LogP contribution in [0.2, 0.25) is 0 Å². The van der Waals surface area contributed by atoms with Crippen molar-refractivity contribution in [2.75, 3.05) is 20.3 Å². The van der Waals surface area contributed by atoms with E-state index in [4.69, 9.17) is 14.2 Å². The molecule has 0 N–H and O–H groups in total. The van der Waals surface area contributed by atoms with E-state index in [2.05, 4.69) is 27.6 Å². The lowest BCUT2D eigenvalue weighted by Gasteiger charge is -2.33. The van der Waals surface area contributed by atoms with Crippen LogP contribution in [0.5, 0.6) is 11.5 Å². The monoisotopic (exact) mass is 500 g/mol. The predicted octanol–water partition coefficient (Wildman–Crippen LogP) is 4.47. The van der Waals surface area contributed by atoms with E-state index in [1.54, 1.807) is 14.0 Å². The number of carbonyl (C=O) groups is 1. The molecule has 27 heavy (non-hydrogen) atoms. The molecule has 0 saturated heterocycles. The number of fused-ring (bicyclic) bond motifs is 1. The van der Waals surface area contributed by atoms with Crippen LogP contribution in [0.3, 0.4) is 0 Å². The standard InChI is InChI=1S/C19H21IN2O4S/c1-5-25-14-10-12(9-13(20)17(14)24-4)16-15(18(23)26-6-2)11(3)21-19-22(16)7-8-27-19/h7-10,16H,5-6H2,1-4H3. The van der Waals surface area contributed by atoms with Gasteiger partial charge in [0.2, 0.25) is 0 Å². The fourth-order valence-corrected chi connectivity index (χ4v) is 4.74. The summed E-state index contributed by atoms with van der Waals surface area (Å²) in [5.41, 5.74) is 2.13. The molecule has 144 valence electrons. The summed E-state index contributed by atoms with van der Waals surface area (Å²) in [5.74, 6) is 0.996. The van der Waals surface area contributed by atoms with Gasteiger partial charge in [0.15, 0.2) is 16.7 Å². The molecular weight excluding hydrogens is 479 g/mol. The Bertz CT molecular complexity index is 850. The van der Waals surface area contributed by atoms with Crippen molar-refractivity contribution in [3.63, 3.8) is 0 Å². The molecule has 0 fully saturated rings. The molecule has 1 unspecified atom stereocenters. The third kappa shape index (κ3) is 3.82. The van der Waals surface area contributed by atoms with E-state index >= 15 is 0 Å². The van der Waals surface area contributed by atoms with Crippen LogP contribution in [-0.2, 0) is 9.53 Å². The molecule has 2 aliphatic heterocycles. The molecular formula is C19H21IN2O4S. The zero-order valence-corrected chi connectivity index (χ0v) is 18.6. The maximum absolute atomic E-state index is 12.7. The highest BCUT2D eigenvalue weighted by Crippen LogP contribution is 2.44. The molecule has 3 rings (SSSR count). The number of aliphatic imine (C=N–C) groups is 1. The quantitative estimate of drug-likeness (QED) is 0.425. The zero-order valence-electron chi connectivity index (χ0n) is 15.6. The summed E-state index contributed by atoms with van der Waals surface area (Å²) in [6.07, 6.45) is 1.94. The summed E-state index contributed by atoms with van der Waals surface area (Å²) < 4.78 is 17.5. The number of rotatable bonds is 6. The lowest BCUT2D eigenvalue weighted by Crippen LogP contribution is -2.34. The predicted molar refractivity (Wildman–Crippen MR) is 115 cm³/mol. The lowest BCUT2D eigenvalue weighted by molar-refractivity contribution is -0.139. The largest absolute Gasteiger partial charge is 0.492 e. The zero-order chi connectivity index (χ0) is 19.6. The minimum atomic E-state index is -0.350. The number of thioether (sulfide) groups is 1. The van der Waals surface area contributed by atoms with Crippen LogP contribution in [-0.4, -0.2) is 36.4 Å². The van der Waals surface area contributed by atoms with Crippen LogP contribution in [0.15, 0.2) is 40.0 Å². The summed E-state index contributed by atoms with van der Waals surface area (Å²) in [6.45, 7) is 6.41. The normalized spacial score (nSPS) is 18.3. The first-order valence-corrected chi connectivity index (χ1v) is 10.6. The van der Waals surface area contributed by atoms with Gasteiger partial charge in [0.05, 0.1) is 41.2 Å². The van der Waals surface area contributed by atoms with E-state index in [9.17, 15) is 4.79 Å². The molecule has 0 saturated carbocycles. The number of nitrogens with zero attached hydrogens (tertiary/aromatic N) is 2. The molecule has 6 nitrogen and oxygen atoms in total. The van der Waals surface area contributed by atoms with Crippen LogP contribution < -0.4 is 9.47 Å². The fourth-order valence-electron chi connectivity index (χ4n) is 3.10.